The van der Waals surface area contributed by atoms with Gasteiger partial charge in [0, 0.05) is 34.3 Å². The second kappa shape index (κ2) is 5.80. The topological polar surface area (TPSA) is 43.9 Å². The van der Waals surface area contributed by atoms with Gasteiger partial charge in [0.2, 0.25) is 5.82 Å². The molecule has 24 heavy (non-hydrogen) atoms. The van der Waals surface area contributed by atoms with E-state index in [0.29, 0.717) is 22.8 Å². The molecule has 0 fully saturated rings. The maximum absolute atomic E-state index is 6.20. The van der Waals surface area contributed by atoms with Crippen molar-refractivity contribution in [1.82, 2.24) is 14.7 Å². The van der Waals surface area contributed by atoms with Crippen LogP contribution in [0.25, 0.3) is 33.7 Å². The Morgan fingerprint density at radius 3 is 2.71 bits per heavy atom. The van der Waals surface area contributed by atoms with Crippen molar-refractivity contribution in [1.29, 1.82) is 0 Å². The Kier molecular flexibility index (Phi) is 3.62. The molecule has 5 heteroatoms. The molecule has 0 saturated carbocycles. The van der Waals surface area contributed by atoms with Gasteiger partial charge in [-0.2, -0.15) is 4.98 Å². The molecule has 4 aromatic rings. The average molecular weight is 338 g/mol. The van der Waals surface area contributed by atoms with E-state index in [2.05, 4.69) is 53.0 Å². The Bertz CT molecular complexity index is 1020. The van der Waals surface area contributed by atoms with Crippen molar-refractivity contribution in [2.45, 2.75) is 19.9 Å². The lowest BCUT2D eigenvalue weighted by atomic mass is 10.1. The normalized spacial score (nSPS) is 11.5. The van der Waals surface area contributed by atoms with Crippen molar-refractivity contribution in [2.24, 2.45) is 0 Å². The Morgan fingerprint density at radius 1 is 1.08 bits per heavy atom. The number of aromatic nitrogens is 3. The Labute approximate surface area is 144 Å². The number of hydrogen-bond donors (Lipinski definition) is 0. The molecule has 2 heterocycles. The lowest BCUT2D eigenvalue weighted by Gasteiger charge is -2.09. The molecule has 0 aliphatic rings. The minimum atomic E-state index is 0.420. The van der Waals surface area contributed by atoms with Crippen LogP contribution in [0.3, 0.4) is 0 Å². The van der Waals surface area contributed by atoms with Gasteiger partial charge in [-0.3, -0.25) is 0 Å². The zero-order valence-corrected chi connectivity index (χ0v) is 14.2. The van der Waals surface area contributed by atoms with Crippen molar-refractivity contribution < 1.29 is 4.52 Å². The fourth-order valence-electron chi connectivity index (χ4n) is 2.84. The third kappa shape index (κ3) is 2.49. The van der Waals surface area contributed by atoms with Crippen LogP contribution in [0.2, 0.25) is 5.02 Å². The Morgan fingerprint density at radius 2 is 1.92 bits per heavy atom. The fourth-order valence-corrected chi connectivity index (χ4v) is 3.06. The summed E-state index contributed by atoms with van der Waals surface area (Å²) < 4.78 is 7.67. The van der Waals surface area contributed by atoms with Gasteiger partial charge in [0.15, 0.2) is 0 Å². The van der Waals surface area contributed by atoms with Crippen molar-refractivity contribution in [3.63, 3.8) is 0 Å². The minimum absolute atomic E-state index is 0.420. The number of nitrogens with zero attached hydrogens (tertiary/aromatic N) is 3. The summed E-state index contributed by atoms with van der Waals surface area (Å²) in [5.41, 5.74) is 2.86. The van der Waals surface area contributed by atoms with Gasteiger partial charge < -0.3 is 9.09 Å². The molecule has 0 aliphatic heterocycles. The Hall–Kier alpha value is -2.59. The summed E-state index contributed by atoms with van der Waals surface area (Å²) in [6.45, 7) is 4.34. The van der Waals surface area contributed by atoms with Gasteiger partial charge in [-0.05, 0) is 50.2 Å². The van der Waals surface area contributed by atoms with E-state index >= 15 is 0 Å². The van der Waals surface area contributed by atoms with E-state index in [1.807, 2.05) is 30.3 Å². The zero-order chi connectivity index (χ0) is 16.7. The first kappa shape index (κ1) is 15.0. The molecule has 120 valence electrons. The van der Waals surface area contributed by atoms with E-state index in [0.717, 1.165) is 16.5 Å². The van der Waals surface area contributed by atoms with E-state index in [-0.39, 0.29) is 0 Å². The quantitative estimate of drug-likeness (QED) is 0.489. The predicted molar refractivity (Wildman–Crippen MR) is 96.1 cm³/mol. The third-order valence-corrected chi connectivity index (χ3v) is 4.39. The van der Waals surface area contributed by atoms with Gasteiger partial charge in [-0.1, -0.05) is 28.9 Å². The summed E-state index contributed by atoms with van der Waals surface area (Å²) in [5, 5.41) is 5.82. The summed E-state index contributed by atoms with van der Waals surface area (Å²) in [5.74, 6) is 0.986. The van der Waals surface area contributed by atoms with Crippen molar-refractivity contribution in [2.75, 3.05) is 0 Å². The molecular formula is C19H16ClN3O. The molecule has 0 saturated heterocycles. The van der Waals surface area contributed by atoms with Crippen LogP contribution >= 0.6 is 11.6 Å². The monoisotopic (exact) mass is 337 g/mol. The van der Waals surface area contributed by atoms with Gasteiger partial charge >= 0.3 is 0 Å². The molecule has 2 aromatic heterocycles. The summed E-state index contributed by atoms with van der Waals surface area (Å²) in [4.78, 5) is 4.49. The molecule has 0 bridgehead atoms. The van der Waals surface area contributed by atoms with Crippen LogP contribution in [0.15, 0.2) is 59.3 Å². The standard InChI is InChI=1S/C19H16ClN3O/c1-12(2)23-10-9-13-11-14(7-8-17(13)23)19-21-18(22-24-19)15-5-3-4-6-16(15)20/h3-12H,1-2H3. The van der Waals surface area contributed by atoms with Crippen LogP contribution in [-0.2, 0) is 0 Å². The first-order chi connectivity index (χ1) is 11.6. The van der Waals surface area contributed by atoms with E-state index in [1.54, 1.807) is 0 Å². The zero-order valence-electron chi connectivity index (χ0n) is 13.4. The molecule has 0 spiro atoms. The molecule has 0 aliphatic carbocycles. The minimum Gasteiger partial charge on any atom is -0.345 e. The van der Waals surface area contributed by atoms with Crippen LogP contribution < -0.4 is 0 Å². The highest BCUT2D eigenvalue weighted by Gasteiger charge is 2.14. The first-order valence-electron chi connectivity index (χ1n) is 7.83. The molecule has 4 nitrogen and oxygen atoms in total. The highest BCUT2D eigenvalue weighted by atomic mass is 35.5. The van der Waals surface area contributed by atoms with Crippen LogP contribution in [0.4, 0.5) is 0 Å². The summed E-state index contributed by atoms with van der Waals surface area (Å²) in [7, 11) is 0. The van der Waals surface area contributed by atoms with Gasteiger partial charge in [0.1, 0.15) is 0 Å². The number of halogens is 1. The fraction of sp³-hybridized carbons (Fsp3) is 0.158. The maximum Gasteiger partial charge on any atom is 0.258 e. The summed E-state index contributed by atoms with van der Waals surface area (Å²) in [6, 6.07) is 16.1. The highest BCUT2D eigenvalue weighted by Crippen LogP contribution is 2.29. The molecular weight excluding hydrogens is 322 g/mol. The van der Waals surface area contributed by atoms with Gasteiger partial charge in [-0.25, -0.2) is 0 Å². The lowest BCUT2D eigenvalue weighted by Crippen LogP contribution is -1.97. The molecule has 0 amide bonds. The van der Waals surface area contributed by atoms with Crippen LogP contribution in [-0.4, -0.2) is 14.7 Å². The number of benzene rings is 2. The molecule has 0 radical (unpaired) electrons. The van der Waals surface area contributed by atoms with Gasteiger partial charge in [0.25, 0.3) is 5.89 Å². The second-order valence-corrected chi connectivity index (χ2v) is 6.40. The van der Waals surface area contributed by atoms with Crippen LogP contribution in [0, 0.1) is 0 Å². The largest absolute Gasteiger partial charge is 0.345 e. The van der Waals surface area contributed by atoms with Gasteiger partial charge in [0.05, 0.1) is 5.02 Å². The lowest BCUT2D eigenvalue weighted by molar-refractivity contribution is 0.432. The van der Waals surface area contributed by atoms with E-state index < -0.39 is 0 Å². The summed E-state index contributed by atoms with van der Waals surface area (Å²) in [6.07, 6.45) is 2.10. The third-order valence-electron chi connectivity index (χ3n) is 4.06. The van der Waals surface area contributed by atoms with Gasteiger partial charge in [-0.15, -0.1) is 0 Å². The molecule has 0 unspecified atom stereocenters. The first-order valence-corrected chi connectivity index (χ1v) is 8.21. The van der Waals surface area contributed by atoms with E-state index in [4.69, 9.17) is 16.1 Å². The highest BCUT2D eigenvalue weighted by molar-refractivity contribution is 6.33. The van der Waals surface area contributed by atoms with E-state index in [1.165, 1.54) is 5.52 Å². The van der Waals surface area contributed by atoms with Crippen molar-refractivity contribution in [3.05, 3.63) is 59.8 Å². The molecule has 4 rings (SSSR count). The molecule has 0 atom stereocenters. The van der Waals surface area contributed by atoms with Crippen molar-refractivity contribution in [3.8, 4) is 22.8 Å². The van der Waals surface area contributed by atoms with Crippen LogP contribution in [0.1, 0.15) is 19.9 Å². The molecule has 0 N–H and O–H groups in total. The maximum atomic E-state index is 6.20. The van der Waals surface area contributed by atoms with Crippen molar-refractivity contribution >= 4 is 22.5 Å². The number of fused-ring (bicyclic) bond motifs is 1. The second-order valence-electron chi connectivity index (χ2n) is 5.99. The van der Waals surface area contributed by atoms with Crippen LogP contribution in [0.5, 0.6) is 0 Å². The SMILES string of the molecule is CC(C)n1ccc2cc(-c3nc(-c4ccccc4Cl)no3)ccc21. The van der Waals surface area contributed by atoms with E-state index in [9.17, 15) is 0 Å². The molecule has 2 aromatic carbocycles. The summed E-state index contributed by atoms with van der Waals surface area (Å²) >= 11 is 6.20. The number of rotatable bonds is 3. The number of hydrogen-bond acceptors (Lipinski definition) is 3. The predicted octanol–water partition coefficient (Wildman–Crippen LogP) is 5.59. The Balaban J connectivity index is 1.75. The average Bonchev–Trinajstić information content (AvgIpc) is 3.21. The smallest absolute Gasteiger partial charge is 0.258 e.